The quantitative estimate of drug-likeness (QED) is 0.153. The predicted octanol–water partition coefficient (Wildman–Crippen LogP) is 3.52. The van der Waals surface area contributed by atoms with Gasteiger partial charge in [0.05, 0.1) is 17.9 Å². The number of hydrogen-bond acceptors (Lipinski definition) is 8. The highest BCUT2D eigenvalue weighted by atomic mass is 32.2. The van der Waals surface area contributed by atoms with Crippen molar-refractivity contribution in [3.05, 3.63) is 48.3 Å². The van der Waals surface area contributed by atoms with E-state index < -0.39 is 0 Å². The molecule has 33 heavy (non-hydrogen) atoms. The number of nitrogens with zero attached hydrogens (tertiary/aromatic N) is 4. The summed E-state index contributed by atoms with van der Waals surface area (Å²) in [5.41, 5.74) is 9.62. The third-order valence-electron chi connectivity index (χ3n) is 6.52. The third-order valence-corrected chi connectivity index (χ3v) is 7.22. The van der Waals surface area contributed by atoms with Crippen LogP contribution in [0.15, 0.2) is 52.7 Å². The summed E-state index contributed by atoms with van der Waals surface area (Å²) in [4.78, 5) is 7.66. The van der Waals surface area contributed by atoms with Gasteiger partial charge in [-0.15, -0.1) is 5.10 Å². The van der Waals surface area contributed by atoms with Gasteiger partial charge in [-0.1, -0.05) is 19.3 Å². The van der Waals surface area contributed by atoms with Gasteiger partial charge >= 0.3 is 0 Å². The summed E-state index contributed by atoms with van der Waals surface area (Å²) in [6.45, 7) is 1.84. The molecular weight excluding hydrogens is 432 g/mol. The molecule has 178 valence electrons. The molecule has 2 heterocycles. The van der Waals surface area contributed by atoms with E-state index in [-0.39, 0.29) is 6.04 Å². The maximum absolute atomic E-state index is 6.53. The molecule has 4 rings (SSSR count). The van der Waals surface area contributed by atoms with Crippen LogP contribution >= 0.6 is 11.9 Å². The Morgan fingerprint density at radius 2 is 1.94 bits per heavy atom. The summed E-state index contributed by atoms with van der Waals surface area (Å²) in [5, 5.41) is 9.91. The Morgan fingerprint density at radius 1 is 1.15 bits per heavy atom. The lowest BCUT2D eigenvalue weighted by Crippen LogP contribution is -2.46. The molecule has 1 aromatic heterocycles. The van der Waals surface area contributed by atoms with Gasteiger partial charge in [-0.2, -0.15) is 0 Å². The van der Waals surface area contributed by atoms with E-state index in [1.165, 1.54) is 32.1 Å². The van der Waals surface area contributed by atoms with Crippen molar-refractivity contribution in [3.8, 4) is 0 Å². The van der Waals surface area contributed by atoms with Crippen molar-refractivity contribution in [2.75, 3.05) is 30.4 Å². The zero-order valence-electron chi connectivity index (χ0n) is 19.4. The highest BCUT2D eigenvalue weighted by molar-refractivity contribution is 7.97. The molecule has 1 aliphatic heterocycles. The Morgan fingerprint density at radius 3 is 2.64 bits per heavy atom. The molecule has 2 aliphatic rings. The SMILES string of the molecule is CNSc1ccc(NC2CCCCC2)c(/C(N)=N/N(N)C2CCN(c3cccnc3)CC2)c1. The molecule has 0 unspecified atom stereocenters. The average molecular weight is 469 g/mol. The van der Waals surface area contributed by atoms with Crippen molar-refractivity contribution < 1.29 is 0 Å². The van der Waals surface area contributed by atoms with Crippen LogP contribution in [-0.2, 0) is 0 Å². The molecule has 1 saturated carbocycles. The molecule has 6 N–H and O–H groups in total. The Kier molecular flexibility index (Phi) is 8.30. The van der Waals surface area contributed by atoms with Crippen LogP contribution in [-0.4, -0.2) is 48.2 Å². The monoisotopic (exact) mass is 468 g/mol. The fraction of sp³-hybridized carbons (Fsp3) is 0.500. The number of piperidine rings is 1. The molecule has 1 aliphatic carbocycles. The van der Waals surface area contributed by atoms with E-state index in [1.807, 2.05) is 19.3 Å². The van der Waals surface area contributed by atoms with Crippen LogP contribution in [0.1, 0.15) is 50.5 Å². The molecule has 1 saturated heterocycles. The molecule has 0 spiro atoms. The maximum Gasteiger partial charge on any atom is 0.154 e. The van der Waals surface area contributed by atoms with Gasteiger partial charge in [0, 0.05) is 41.5 Å². The number of hydrazone groups is 1. The van der Waals surface area contributed by atoms with Gasteiger partial charge < -0.3 is 16.0 Å². The van der Waals surface area contributed by atoms with Gasteiger partial charge in [0.2, 0.25) is 0 Å². The van der Waals surface area contributed by atoms with Crippen LogP contribution in [0, 0.1) is 0 Å². The highest BCUT2D eigenvalue weighted by Crippen LogP contribution is 2.27. The lowest BCUT2D eigenvalue weighted by atomic mass is 9.95. The molecule has 2 fully saturated rings. The molecule has 8 nitrogen and oxygen atoms in total. The molecular formula is C24H36N8S. The van der Waals surface area contributed by atoms with Crippen molar-refractivity contribution in [2.24, 2.45) is 16.7 Å². The van der Waals surface area contributed by atoms with Crippen molar-refractivity contribution in [3.63, 3.8) is 0 Å². The van der Waals surface area contributed by atoms with Crippen molar-refractivity contribution in [1.29, 1.82) is 0 Å². The minimum atomic E-state index is 0.154. The van der Waals surface area contributed by atoms with Crippen LogP contribution < -0.4 is 26.5 Å². The number of amidine groups is 1. The van der Waals surface area contributed by atoms with E-state index in [0.29, 0.717) is 11.9 Å². The molecule has 9 heteroatoms. The largest absolute Gasteiger partial charge is 0.382 e. The van der Waals surface area contributed by atoms with Crippen LogP contribution in [0.2, 0.25) is 0 Å². The zero-order valence-corrected chi connectivity index (χ0v) is 20.2. The van der Waals surface area contributed by atoms with Gasteiger partial charge in [-0.3, -0.25) is 9.71 Å². The van der Waals surface area contributed by atoms with Crippen LogP contribution in [0.25, 0.3) is 0 Å². The van der Waals surface area contributed by atoms with E-state index in [1.54, 1.807) is 23.3 Å². The summed E-state index contributed by atoms with van der Waals surface area (Å²) in [6, 6.07) is 11.0. The minimum absolute atomic E-state index is 0.154. The van der Waals surface area contributed by atoms with E-state index in [2.05, 4.69) is 49.3 Å². The summed E-state index contributed by atoms with van der Waals surface area (Å²) >= 11 is 1.56. The highest BCUT2D eigenvalue weighted by Gasteiger charge is 2.24. The number of anilines is 2. The first-order chi connectivity index (χ1) is 16.1. The topological polar surface area (TPSA) is 108 Å². The average Bonchev–Trinajstić information content (AvgIpc) is 2.86. The smallest absolute Gasteiger partial charge is 0.154 e. The number of nitrogens with one attached hydrogen (secondary N) is 2. The second-order valence-electron chi connectivity index (χ2n) is 8.79. The molecule has 2 aromatic rings. The van der Waals surface area contributed by atoms with Gasteiger partial charge in [0.25, 0.3) is 0 Å². The third kappa shape index (κ3) is 6.31. The van der Waals surface area contributed by atoms with E-state index in [0.717, 1.165) is 47.8 Å². The Bertz CT molecular complexity index is 908. The second-order valence-corrected chi connectivity index (χ2v) is 9.87. The van der Waals surface area contributed by atoms with E-state index in [9.17, 15) is 0 Å². The predicted molar refractivity (Wildman–Crippen MR) is 138 cm³/mol. The minimum Gasteiger partial charge on any atom is -0.382 e. The first kappa shape index (κ1) is 23.7. The lowest BCUT2D eigenvalue weighted by Gasteiger charge is -2.36. The van der Waals surface area contributed by atoms with Crippen LogP contribution in [0.3, 0.4) is 0 Å². The number of aromatic nitrogens is 1. The van der Waals surface area contributed by atoms with Gasteiger partial charge in [0.1, 0.15) is 0 Å². The maximum atomic E-state index is 6.53. The lowest BCUT2D eigenvalue weighted by molar-refractivity contribution is 0.179. The van der Waals surface area contributed by atoms with Gasteiger partial charge in [-0.05, 0) is 75.0 Å². The fourth-order valence-electron chi connectivity index (χ4n) is 4.70. The first-order valence-corrected chi connectivity index (χ1v) is 12.7. The standard InChI is InChI=1S/C24H36N8S/c1-27-33-21-9-10-23(29-18-6-3-2-4-7-18)22(16-21)24(25)30-32(26)19-11-14-31(15-12-19)20-8-5-13-28-17-20/h5,8-10,13,16-19,27,29H,2-4,6-7,11-12,14-15,26H2,1H3,(H2,25,30). The molecule has 1 aromatic carbocycles. The molecule has 0 radical (unpaired) electrons. The van der Waals surface area contributed by atoms with E-state index >= 15 is 0 Å². The number of hydrogen-bond donors (Lipinski definition) is 4. The summed E-state index contributed by atoms with van der Waals surface area (Å²) in [7, 11) is 1.91. The molecule has 0 bridgehead atoms. The number of benzene rings is 1. The van der Waals surface area contributed by atoms with Crippen molar-refractivity contribution >= 4 is 29.2 Å². The Hall–Kier alpha value is -2.49. The Balaban J connectivity index is 1.45. The van der Waals surface area contributed by atoms with Crippen LogP contribution in [0.5, 0.6) is 0 Å². The number of rotatable bonds is 8. The molecule has 0 atom stereocenters. The van der Waals surface area contributed by atoms with Crippen molar-refractivity contribution in [2.45, 2.75) is 61.9 Å². The summed E-state index contributed by atoms with van der Waals surface area (Å²) in [6.07, 6.45) is 11.8. The van der Waals surface area contributed by atoms with E-state index in [4.69, 9.17) is 11.6 Å². The molecule has 0 amide bonds. The fourth-order valence-corrected chi connectivity index (χ4v) is 5.25. The van der Waals surface area contributed by atoms with Crippen LogP contribution in [0.4, 0.5) is 11.4 Å². The normalized spacial score (nSPS) is 18.4. The number of hydrazine groups is 1. The summed E-state index contributed by atoms with van der Waals surface area (Å²) < 4.78 is 3.13. The van der Waals surface area contributed by atoms with Gasteiger partial charge in [-0.25, -0.2) is 11.0 Å². The number of nitrogens with two attached hydrogens (primary N) is 2. The first-order valence-electron chi connectivity index (χ1n) is 11.9. The van der Waals surface area contributed by atoms with Gasteiger partial charge in [0.15, 0.2) is 5.84 Å². The second kappa shape index (κ2) is 11.6. The number of pyridine rings is 1. The Labute approximate surface area is 201 Å². The van der Waals surface area contributed by atoms with Crippen molar-refractivity contribution in [1.82, 2.24) is 14.8 Å². The summed E-state index contributed by atoms with van der Waals surface area (Å²) in [5.74, 6) is 6.85. The zero-order chi connectivity index (χ0) is 23.0.